The van der Waals surface area contributed by atoms with E-state index in [1.54, 1.807) is 56.4 Å². The van der Waals surface area contributed by atoms with Crippen molar-refractivity contribution in [3.8, 4) is 0 Å². The maximum absolute atomic E-state index is 12.8. The van der Waals surface area contributed by atoms with Gasteiger partial charge in [-0.25, -0.2) is 16.8 Å². The van der Waals surface area contributed by atoms with Crippen molar-refractivity contribution in [2.45, 2.75) is 23.6 Å². The van der Waals surface area contributed by atoms with E-state index < -0.39 is 41.9 Å². The molecule has 43 heavy (non-hydrogen) atoms. The van der Waals surface area contributed by atoms with Gasteiger partial charge in [0.25, 0.3) is 11.8 Å². The molecule has 1 atom stereocenters. The summed E-state index contributed by atoms with van der Waals surface area (Å²) in [6.07, 6.45) is 11.6. The van der Waals surface area contributed by atoms with E-state index in [0.29, 0.717) is 28.4 Å². The molecule has 1 unspecified atom stereocenters. The van der Waals surface area contributed by atoms with E-state index in [0.717, 1.165) is 34.3 Å². The molecule has 0 saturated carbocycles. The van der Waals surface area contributed by atoms with Gasteiger partial charge in [-0.2, -0.15) is 20.2 Å². The average molecular weight is 641 g/mol. The second-order valence-corrected chi connectivity index (χ2v) is 11.6. The zero-order valence-corrected chi connectivity index (χ0v) is 29.2. The van der Waals surface area contributed by atoms with E-state index in [1.807, 2.05) is 0 Å². The number of nitrogens with zero attached hydrogens (tertiary/aromatic N) is 4. The Bertz CT molecular complexity index is 1800. The molecule has 0 bridgehead atoms. The van der Waals surface area contributed by atoms with Crippen LogP contribution in [0.15, 0.2) is 117 Å². The molecule has 0 radical (unpaired) electrons. The molecule has 0 aromatic heterocycles. The fourth-order valence-corrected chi connectivity index (χ4v) is 4.84. The summed E-state index contributed by atoms with van der Waals surface area (Å²) in [5.41, 5.74) is 1.95. The van der Waals surface area contributed by atoms with Gasteiger partial charge in [0.1, 0.15) is 20.2 Å². The van der Waals surface area contributed by atoms with E-state index in [-0.39, 0.29) is 65.0 Å². The van der Waals surface area contributed by atoms with Gasteiger partial charge in [0.15, 0.2) is 0 Å². The molecule has 212 valence electrons. The van der Waals surface area contributed by atoms with Crippen LogP contribution in [0, 0.1) is 5.92 Å². The third-order valence-electron chi connectivity index (χ3n) is 6.00. The minimum Gasteiger partial charge on any atom is -0.744 e. The molecule has 2 aromatic carbocycles. The zero-order valence-electron chi connectivity index (χ0n) is 23.6. The van der Waals surface area contributed by atoms with Crippen molar-refractivity contribution in [1.82, 2.24) is 0 Å². The van der Waals surface area contributed by atoms with Crippen molar-refractivity contribution in [3.63, 3.8) is 0 Å². The maximum atomic E-state index is 12.8. The second-order valence-electron chi connectivity index (χ2n) is 8.80. The number of carbonyl (C=O) groups excluding carboxylic acids is 2. The molecule has 2 aliphatic heterocycles. The van der Waals surface area contributed by atoms with Crippen molar-refractivity contribution < 1.29 is 94.6 Å². The normalized spacial score (nSPS) is 18.5. The van der Waals surface area contributed by atoms with Gasteiger partial charge >= 0.3 is 59.1 Å². The van der Waals surface area contributed by atoms with Crippen LogP contribution in [-0.2, 0) is 29.8 Å². The number of carbonyl (C=O) groups is 2. The van der Waals surface area contributed by atoms with Gasteiger partial charge in [0.2, 0.25) is 0 Å². The first-order valence-corrected chi connectivity index (χ1v) is 14.7. The first kappa shape index (κ1) is 36.7. The Hall–Kier alpha value is -2.50. The fraction of sp³-hybridized carbons (Fsp3) is 0.111. The van der Waals surface area contributed by atoms with Crippen LogP contribution < -0.4 is 69.1 Å². The second kappa shape index (κ2) is 15.0. The van der Waals surface area contributed by atoms with Crippen LogP contribution >= 0.6 is 0 Å². The molecule has 4 rings (SSSR count). The van der Waals surface area contributed by atoms with Crippen LogP contribution in [0.25, 0.3) is 0 Å². The van der Waals surface area contributed by atoms with Crippen LogP contribution in [0.4, 0.5) is 11.4 Å². The summed E-state index contributed by atoms with van der Waals surface area (Å²) in [7, 11) is -9.20. The summed E-state index contributed by atoms with van der Waals surface area (Å²) in [6, 6.07) is 9.79. The standard InChI is InChI=1S/C27H24N4O8S2.2Na/c1-18-24(26(32)30(28-18)20-10-14-22(15-11-20)40(34,35)36)8-6-4-3-5-7-9-25-19(2)29-31(27(25)33)21-12-16-23(17-13-21)41(37,38)39;;/h3-17,24H,1-2H3,(H,34,35,36)(H,37,38,39);;/q;2*+1/p-2/b4-3+,7-5+,8-6+,25-9-;;. The monoisotopic (exact) mass is 640 g/mol. The van der Waals surface area contributed by atoms with Crippen LogP contribution in [0.5, 0.6) is 0 Å². The molecular weight excluding hydrogens is 618 g/mol. The van der Waals surface area contributed by atoms with Crippen LogP contribution in [-0.4, -0.2) is 49.2 Å². The summed E-state index contributed by atoms with van der Waals surface area (Å²) in [5.74, 6) is -1.39. The van der Waals surface area contributed by atoms with Crippen molar-refractivity contribution in [2.75, 3.05) is 10.0 Å². The number of allylic oxidation sites excluding steroid dienone is 6. The van der Waals surface area contributed by atoms with Crippen molar-refractivity contribution in [1.29, 1.82) is 0 Å². The number of amides is 2. The van der Waals surface area contributed by atoms with E-state index in [1.165, 1.54) is 24.3 Å². The molecule has 2 amide bonds. The molecule has 0 fully saturated rings. The summed E-state index contributed by atoms with van der Waals surface area (Å²) in [4.78, 5) is 24.8. The maximum Gasteiger partial charge on any atom is 1.00 e. The summed E-state index contributed by atoms with van der Waals surface area (Å²) in [6.45, 7) is 3.34. The smallest absolute Gasteiger partial charge is 0.744 e. The first-order chi connectivity index (χ1) is 19.3. The number of anilines is 2. The predicted molar refractivity (Wildman–Crippen MR) is 149 cm³/mol. The molecule has 2 heterocycles. The number of rotatable bonds is 8. The van der Waals surface area contributed by atoms with Crippen LogP contribution in [0.1, 0.15) is 13.8 Å². The SMILES string of the molecule is CC1=NN(c2ccc(S(=O)(=O)[O-])cc2)C(=O)\C1=C/C=C/C=C/C=C/C1C(=O)N(c2ccc(S(=O)(=O)[O-])cc2)N=C1C.[Na+].[Na+]. The largest absolute Gasteiger partial charge is 1.00 e. The van der Waals surface area contributed by atoms with Gasteiger partial charge < -0.3 is 9.11 Å². The minimum absolute atomic E-state index is 0. The first-order valence-electron chi connectivity index (χ1n) is 11.9. The predicted octanol–water partition coefficient (Wildman–Crippen LogP) is -3.14. The van der Waals surface area contributed by atoms with Gasteiger partial charge in [0, 0.05) is 0 Å². The topological polar surface area (TPSA) is 180 Å². The van der Waals surface area contributed by atoms with Gasteiger partial charge in [-0.15, -0.1) is 0 Å². The van der Waals surface area contributed by atoms with Crippen LogP contribution in [0.3, 0.4) is 0 Å². The summed E-state index contributed by atoms with van der Waals surface area (Å²) >= 11 is 0. The molecule has 2 aliphatic rings. The Morgan fingerprint density at radius 1 is 0.698 bits per heavy atom. The third-order valence-corrected chi connectivity index (χ3v) is 7.70. The Morgan fingerprint density at radius 3 is 1.67 bits per heavy atom. The number of hydrogen-bond acceptors (Lipinski definition) is 10. The van der Waals surface area contributed by atoms with Crippen molar-refractivity contribution in [2.24, 2.45) is 16.1 Å². The molecule has 0 saturated heterocycles. The van der Waals surface area contributed by atoms with E-state index in [9.17, 15) is 35.5 Å². The molecule has 0 N–H and O–H groups in total. The number of hydrogen-bond donors (Lipinski definition) is 0. The molecule has 16 heteroatoms. The van der Waals surface area contributed by atoms with E-state index in [4.69, 9.17) is 0 Å². The Balaban J connectivity index is 0.00000323. The fourth-order valence-electron chi connectivity index (χ4n) is 3.90. The van der Waals surface area contributed by atoms with E-state index in [2.05, 4.69) is 10.2 Å². The van der Waals surface area contributed by atoms with Gasteiger partial charge in [-0.3, -0.25) is 9.59 Å². The van der Waals surface area contributed by atoms with Crippen molar-refractivity contribution >= 4 is 54.8 Å². The summed E-state index contributed by atoms with van der Waals surface area (Å²) < 4.78 is 66.7. The number of benzene rings is 2. The average Bonchev–Trinajstić information content (AvgIpc) is 3.36. The van der Waals surface area contributed by atoms with Gasteiger partial charge in [0.05, 0.1) is 44.1 Å². The zero-order chi connectivity index (χ0) is 29.9. The third kappa shape index (κ3) is 8.79. The molecular formula is C27H22N4Na2O8S2. The van der Waals surface area contributed by atoms with Gasteiger partial charge in [-0.05, 0) is 68.5 Å². The van der Waals surface area contributed by atoms with E-state index >= 15 is 0 Å². The van der Waals surface area contributed by atoms with Crippen molar-refractivity contribution in [3.05, 3.63) is 96.6 Å². The summed E-state index contributed by atoms with van der Waals surface area (Å²) in [5, 5.41) is 10.7. The number of hydrazone groups is 2. The molecule has 12 nitrogen and oxygen atoms in total. The van der Waals surface area contributed by atoms with Crippen LogP contribution in [0.2, 0.25) is 0 Å². The Labute approximate surface area is 293 Å². The Kier molecular flexibility index (Phi) is 12.8. The molecule has 2 aromatic rings. The Morgan fingerprint density at radius 2 is 1.16 bits per heavy atom. The minimum atomic E-state index is -4.60. The quantitative estimate of drug-likeness (QED) is 0.126. The van der Waals surface area contributed by atoms with Gasteiger partial charge in [-0.1, -0.05) is 36.5 Å². The molecule has 0 spiro atoms. The molecule has 0 aliphatic carbocycles.